The average molecular weight is 369 g/mol. The molecule has 25 heavy (non-hydrogen) atoms. The van der Waals surface area contributed by atoms with E-state index in [4.69, 9.17) is 0 Å². The topological polar surface area (TPSA) is 55.4 Å². The van der Waals surface area contributed by atoms with Gasteiger partial charge in [0.1, 0.15) is 6.54 Å². The van der Waals surface area contributed by atoms with Crippen LogP contribution in [0.15, 0.2) is 24.3 Å². The molecule has 10 heteroatoms. The number of nitrogens with one attached hydrogen (secondary N) is 1. The van der Waals surface area contributed by atoms with Crippen LogP contribution in [-0.2, 0) is 15.7 Å². The SMILES string of the molecule is CCOC(=O)/C=C/c1cc(C(F)(F)F)ccc1C(=O)NCC(F)(F)F. The van der Waals surface area contributed by atoms with Crippen LogP contribution < -0.4 is 5.32 Å². The van der Waals surface area contributed by atoms with Gasteiger partial charge in [-0.3, -0.25) is 4.79 Å². The highest BCUT2D eigenvalue weighted by Gasteiger charge is 2.32. The van der Waals surface area contributed by atoms with Crippen molar-refractivity contribution >= 4 is 18.0 Å². The first kappa shape index (κ1) is 20.5. The summed E-state index contributed by atoms with van der Waals surface area (Å²) in [5, 5.41) is 1.56. The lowest BCUT2D eigenvalue weighted by Crippen LogP contribution is -2.34. The van der Waals surface area contributed by atoms with Crippen LogP contribution in [0.5, 0.6) is 0 Å². The molecule has 0 saturated heterocycles. The maximum absolute atomic E-state index is 12.8. The van der Waals surface area contributed by atoms with E-state index in [1.807, 2.05) is 0 Å². The highest BCUT2D eigenvalue weighted by molar-refractivity contribution is 5.99. The summed E-state index contributed by atoms with van der Waals surface area (Å²) in [6.45, 7) is -0.120. The van der Waals surface area contributed by atoms with Gasteiger partial charge in [0.2, 0.25) is 0 Å². The molecule has 0 fully saturated rings. The quantitative estimate of drug-likeness (QED) is 0.491. The number of benzene rings is 1. The van der Waals surface area contributed by atoms with Gasteiger partial charge in [0.25, 0.3) is 5.91 Å². The van der Waals surface area contributed by atoms with Crippen molar-refractivity contribution in [2.75, 3.05) is 13.2 Å². The molecule has 0 bridgehead atoms. The second-order valence-corrected chi connectivity index (χ2v) is 4.68. The molecule has 1 aromatic rings. The summed E-state index contributed by atoms with van der Waals surface area (Å²) in [7, 11) is 0. The lowest BCUT2D eigenvalue weighted by Gasteiger charge is -2.13. The molecule has 0 aliphatic heterocycles. The van der Waals surface area contributed by atoms with E-state index < -0.39 is 41.9 Å². The summed E-state index contributed by atoms with van der Waals surface area (Å²) in [6, 6.07) is 1.85. The number of carbonyl (C=O) groups is 2. The number of rotatable bonds is 5. The molecule has 138 valence electrons. The van der Waals surface area contributed by atoms with Gasteiger partial charge in [0.15, 0.2) is 0 Å². The second-order valence-electron chi connectivity index (χ2n) is 4.68. The number of carbonyl (C=O) groups excluding carboxylic acids is 2. The summed E-state index contributed by atoms with van der Waals surface area (Å²) in [6.07, 6.45) is -7.76. The van der Waals surface area contributed by atoms with Crippen LogP contribution in [0.1, 0.15) is 28.4 Å². The van der Waals surface area contributed by atoms with E-state index >= 15 is 0 Å². The van der Waals surface area contributed by atoms with Gasteiger partial charge in [0, 0.05) is 11.6 Å². The molecular weight excluding hydrogens is 356 g/mol. The fourth-order valence-electron chi connectivity index (χ4n) is 1.71. The molecule has 0 radical (unpaired) electrons. The molecule has 0 heterocycles. The number of amides is 1. The van der Waals surface area contributed by atoms with Crippen LogP contribution in [0.3, 0.4) is 0 Å². The number of halogens is 6. The van der Waals surface area contributed by atoms with Gasteiger partial charge in [-0.2, -0.15) is 26.3 Å². The zero-order valence-corrected chi connectivity index (χ0v) is 12.8. The lowest BCUT2D eigenvalue weighted by molar-refractivity contribution is -0.138. The van der Waals surface area contributed by atoms with Crippen LogP contribution >= 0.6 is 0 Å². The van der Waals surface area contributed by atoms with Crippen LogP contribution in [0, 0.1) is 0 Å². The minimum atomic E-state index is -4.73. The standard InChI is InChI=1S/C15H13F6NO3/c1-2-25-12(23)6-3-9-7-10(15(19,20)21)4-5-11(9)13(24)22-8-14(16,17)18/h3-7H,2,8H2,1H3,(H,22,24)/b6-3+. The van der Waals surface area contributed by atoms with Crippen LogP contribution in [0.25, 0.3) is 6.08 Å². The van der Waals surface area contributed by atoms with Crippen molar-refractivity contribution in [3.8, 4) is 0 Å². The van der Waals surface area contributed by atoms with Gasteiger partial charge in [-0.1, -0.05) is 0 Å². The third-order valence-electron chi connectivity index (χ3n) is 2.76. The molecule has 1 aromatic carbocycles. The number of hydrogen-bond donors (Lipinski definition) is 1. The Bertz CT molecular complexity index is 664. The van der Waals surface area contributed by atoms with Gasteiger partial charge in [-0.15, -0.1) is 0 Å². The Balaban J connectivity index is 3.18. The minimum Gasteiger partial charge on any atom is -0.463 e. The van der Waals surface area contributed by atoms with Crippen molar-refractivity contribution in [3.63, 3.8) is 0 Å². The van der Waals surface area contributed by atoms with Crippen molar-refractivity contribution in [2.45, 2.75) is 19.3 Å². The maximum atomic E-state index is 12.8. The second kappa shape index (κ2) is 8.04. The first-order chi connectivity index (χ1) is 11.4. The molecule has 0 aliphatic rings. The molecule has 0 aromatic heterocycles. The van der Waals surface area contributed by atoms with Gasteiger partial charge < -0.3 is 10.1 Å². The number of esters is 1. The third-order valence-corrected chi connectivity index (χ3v) is 2.76. The van der Waals surface area contributed by atoms with E-state index in [-0.39, 0.29) is 12.2 Å². The largest absolute Gasteiger partial charge is 0.463 e. The number of ether oxygens (including phenoxy) is 1. The van der Waals surface area contributed by atoms with Crippen LogP contribution in [-0.4, -0.2) is 31.2 Å². The molecule has 0 atom stereocenters. The smallest absolute Gasteiger partial charge is 0.416 e. The van der Waals surface area contributed by atoms with E-state index in [1.165, 1.54) is 6.92 Å². The lowest BCUT2D eigenvalue weighted by atomic mass is 10.0. The summed E-state index contributed by atoms with van der Waals surface area (Å²) >= 11 is 0. The van der Waals surface area contributed by atoms with E-state index in [0.29, 0.717) is 12.1 Å². The first-order valence-electron chi connectivity index (χ1n) is 6.85. The average Bonchev–Trinajstić information content (AvgIpc) is 2.49. The van der Waals surface area contributed by atoms with E-state index in [2.05, 4.69) is 4.74 Å². The molecule has 1 rings (SSSR count). The Hall–Kier alpha value is -2.52. The predicted molar refractivity (Wildman–Crippen MR) is 75.5 cm³/mol. The molecule has 1 N–H and O–H groups in total. The Morgan fingerprint density at radius 1 is 1.16 bits per heavy atom. The molecule has 1 amide bonds. The van der Waals surface area contributed by atoms with Gasteiger partial charge in [-0.25, -0.2) is 4.79 Å². The zero-order chi connectivity index (χ0) is 19.3. The fraction of sp³-hybridized carbons (Fsp3) is 0.333. The van der Waals surface area contributed by atoms with Crippen molar-refractivity contribution < 1.29 is 40.7 Å². The van der Waals surface area contributed by atoms with E-state index in [1.54, 1.807) is 5.32 Å². The van der Waals surface area contributed by atoms with Gasteiger partial charge in [0.05, 0.1) is 12.2 Å². The third kappa shape index (κ3) is 6.86. The molecule has 0 unspecified atom stereocenters. The fourth-order valence-corrected chi connectivity index (χ4v) is 1.71. The normalized spacial score (nSPS) is 12.3. The van der Waals surface area contributed by atoms with Gasteiger partial charge >= 0.3 is 18.3 Å². The van der Waals surface area contributed by atoms with Crippen LogP contribution in [0.2, 0.25) is 0 Å². The molecule has 4 nitrogen and oxygen atoms in total. The highest BCUT2D eigenvalue weighted by atomic mass is 19.4. The highest BCUT2D eigenvalue weighted by Crippen LogP contribution is 2.31. The minimum absolute atomic E-state index is 0.0185. The Kier molecular flexibility index (Phi) is 6.60. The zero-order valence-electron chi connectivity index (χ0n) is 12.8. The Morgan fingerprint density at radius 2 is 1.80 bits per heavy atom. The molecule has 0 spiro atoms. The first-order valence-corrected chi connectivity index (χ1v) is 6.85. The maximum Gasteiger partial charge on any atom is 0.416 e. The summed E-state index contributed by atoms with van der Waals surface area (Å²) < 4.78 is 79.3. The monoisotopic (exact) mass is 369 g/mol. The summed E-state index contributed by atoms with van der Waals surface area (Å²) in [4.78, 5) is 23.1. The van der Waals surface area contributed by atoms with Crippen molar-refractivity contribution in [1.82, 2.24) is 5.32 Å². The molecular formula is C15H13F6NO3. The number of alkyl halides is 6. The Morgan fingerprint density at radius 3 is 2.32 bits per heavy atom. The van der Waals surface area contributed by atoms with E-state index in [0.717, 1.165) is 18.2 Å². The summed E-state index contributed by atoms with van der Waals surface area (Å²) in [5.74, 6) is -2.10. The van der Waals surface area contributed by atoms with E-state index in [9.17, 15) is 35.9 Å². The van der Waals surface area contributed by atoms with Crippen molar-refractivity contribution in [2.24, 2.45) is 0 Å². The van der Waals surface area contributed by atoms with Crippen LogP contribution in [0.4, 0.5) is 26.3 Å². The summed E-state index contributed by atoms with van der Waals surface area (Å²) in [5.41, 5.74) is -1.94. The number of hydrogen-bond acceptors (Lipinski definition) is 3. The molecule has 0 saturated carbocycles. The van der Waals surface area contributed by atoms with Crippen molar-refractivity contribution in [3.05, 3.63) is 41.0 Å². The Labute approximate surface area is 138 Å². The molecule has 0 aliphatic carbocycles. The predicted octanol–water partition coefficient (Wildman–Crippen LogP) is 3.57. The van der Waals surface area contributed by atoms with Crippen molar-refractivity contribution in [1.29, 1.82) is 0 Å². The van der Waals surface area contributed by atoms with Gasteiger partial charge in [-0.05, 0) is 36.8 Å².